The van der Waals surface area contributed by atoms with E-state index >= 15 is 0 Å². The number of phenolic OH excluding ortho intramolecular Hbond substituents is 1. The Bertz CT molecular complexity index is 654. The Kier molecular flexibility index (Phi) is 4.06. The zero-order valence-corrected chi connectivity index (χ0v) is 11.8. The Balaban J connectivity index is 2.38. The van der Waals surface area contributed by atoms with Crippen molar-refractivity contribution in [3.63, 3.8) is 0 Å². The van der Waals surface area contributed by atoms with Gasteiger partial charge in [-0.25, -0.2) is 0 Å². The highest BCUT2D eigenvalue weighted by molar-refractivity contribution is 9.10. The molecule has 0 atom stereocenters. The molecule has 1 N–H and O–H groups in total. The Morgan fingerprint density at radius 3 is 2.74 bits per heavy atom. The van der Waals surface area contributed by atoms with Crippen LogP contribution in [-0.2, 0) is 0 Å². The number of nitroso groups, excluding NO2 is 1. The van der Waals surface area contributed by atoms with Crippen LogP contribution in [0.5, 0.6) is 5.75 Å². The summed E-state index contributed by atoms with van der Waals surface area (Å²) in [5, 5.41) is 12.6. The lowest BCUT2D eigenvalue weighted by Crippen LogP contribution is -1.83. The van der Waals surface area contributed by atoms with Crippen LogP contribution in [0.2, 0.25) is 0 Å². The summed E-state index contributed by atoms with van der Waals surface area (Å²) in [6.07, 6.45) is 1.50. The predicted octanol–water partition coefficient (Wildman–Crippen LogP) is 4.61. The van der Waals surface area contributed by atoms with Gasteiger partial charge in [0, 0.05) is 16.3 Å². The molecular weight excluding hydrogens is 308 g/mol. The molecular formula is C14H11BrN2O2. The number of aryl methyl sites for hydroxylation is 1. The van der Waals surface area contributed by atoms with Crippen molar-refractivity contribution in [2.75, 3.05) is 0 Å². The number of rotatable bonds is 3. The average Bonchev–Trinajstić information content (AvgIpc) is 2.39. The quantitative estimate of drug-likeness (QED) is 0.663. The van der Waals surface area contributed by atoms with Gasteiger partial charge in [-0.15, -0.1) is 4.91 Å². The standard InChI is InChI=1S/C14H11BrN2O2/c1-9-3-2-4-12(5-9)16-8-10-6-11(15)7-13(17-19)14(10)18/h2-8,18H,1H3. The molecule has 0 spiro atoms. The minimum Gasteiger partial charge on any atom is -0.505 e. The van der Waals surface area contributed by atoms with Crippen molar-refractivity contribution in [3.05, 3.63) is 56.9 Å². The van der Waals surface area contributed by atoms with Crippen molar-refractivity contribution >= 4 is 33.5 Å². The van der Waals surface area contributed by atoms with Crippen LogP contribution in [-0.4, -0.2) is 11.3 Å². The number of aliphatic imine (C=N–C) groups is 1. The van der Waals surface area contributed by atoms with E-state index in [1.807, 2.05) is 31.2 Å². The van der Waals surface area contributed by atoms with Crippen LogP contribution in [0.15, 0.2) is 51.0 Å². The first-order valence-electron chi connectivity index (χ1n) is 5.57. The van der Waals surface area contributed by atoms with Crippen LogP contribution in [0.4, 0.5) is 11.4 Å². The zero-order chi connectivity index (χ0) is 13.8. The molecule has 0 unspecified atom stereocenters. The third-order valence-corrected chi connectivity index (χ3v) is 2.99. The fourth-order valence-corrected chi connectivity index (χ4v) is 2.09. The van der Waals surface area contributed by atoms with Crippen LogP contribution in [0.1, 0.15) is 11.1 Å². The first-order valence-corrected chi connectivity index (χ1v) is 6.36. The molecule has 0 bridgehead atoms. The number of hydrogen-bond donors (Lipinski definition) is 1. The molecule has 0 heterocycles. The predicted molar refractivity (Wildman–Crippen MR) is 79.7 cm³/mol. The van der Waals surface area contributed by atoms with Gasteiger partial charge in [0.1, 0.15) is 0 Å². The van der Waals surface area contributed by atoms with E-state index in [1.54, 1.807) is 6.07 Å². The molecule has 0 aliphatic carbocycles. The van der Waals surface area contributed by atoms with E-state index in [4.69, 9.17) is 0 Å². The van der Waals surface area contributed by atoms with Gasteiger partial charge in [-0.2, -0.15) is 0 Å². The molecule has 2 aromatic carbocycles. The summed E-state index contributed by atoms with van der Waals surface area (Å²) in [7, 11) is 0. The van der Waals surface area contributed by atoms with Crippen LogP contribution in [0.25, 0.3) is 0 Å². The van der Waals surface area contributed by atoms with Gasteiger partial charge >= 0.3 is 0 Å². The van der Waals surface area contributed by atoms with Gasteiger partial charge in [0.15, 0.2) is 11.4 Å². The Morgan fingerprint density at radius 2 is 2.05 bits per heavy atom. The highest BCUT2D eigenvalue weighted by Gasteiger charge is 2.08. The number of halogens is 1. The smallest absolute Gasteiger partial charge is 0.153 e. The third-order valence-electron chi connectivity index (χ3n) is 2.54. The van der Waals surface area contributed by atoms with Gasteiger partial charge in [0.05, 0.1) is 5.69 Å². The number of hydrogen-bond acceptors (Lipinski definition) is 4. The molecule has 0 amide bonds. The lowest BCUT2D eigenvalue weighted by Gasteiger charge is -2.02. The molecule has 96 valence electrons. The molecule has 0 saturated carbocycles. The van der Waals surface area contributed by atoms with Crippen molar-refractivity contribution in [1.82, 2.24) is 0 Å². The van der Waals surface area contributed by atoms with Gasteiger partial charge in [-0.3, -0.25) is 4.99 Å². The molecule has 5 heteroatoms. The SMILES string of the molecule is Cc1cccc(N=Cc2cc(Br)cc(N=O)c2O)c1. The molecule has 4 nitrogen and oxygen atoms in total. The van der Waals surface area contributed by atoms with Crippen molar-refractivity contribution in [2.45, 2.75) is 6.92 Å². The summed E-state index contributed by atoms with van der Waals surface area (Å²) < 4.78 is 0.658. The number of aromatic hydroxyl groups is 1. The topological polar surface area (TPSA) is 62.0 Å². The normalized spacial score (nSPS) is 10.8. The highest BCUT2D eigenvalue weighted by Crippen LogP contribution is 2.33. The fourth-order valence-electron chi connectivity index (χ4n) is 1.63. The van der Waals surface area contributed by atoms with Crippen molar-refractivity contribution < 1.29 is 5.11 Å². The maximum atomic E-state index is 10.6. The van der Waals surface area contributed by atoms with E-state index in [-0.39, 0.29) is 11.4 Å². The maximum Gasteiger partial charge on any atom is 0.153 e. The number of nitrogens with zero attached hydrogens (tertiary/aromatic N) is 2. The molecule has 0 aromatic heterocycles. The van der Waals surface area contributed by atoms with Gasteiger partial charge in [-0.1, -0.05) is 28.1 Å². The van der Waals surface area contributed by atoms with Crippen LogP contribution < -0.4 is 0 Å². The van der Waals surface area contributed by atoms with Gasteiger partial charge in [0.2, 0.25) is 0 Å². The Hall–Kier alpha value is -2.01. The average molecular weight is 319 g/mol. The summed E-state index contributed by atoms with van der Waals surface area (Å²) in [4.78, 5) is 14.8. The number of benzene rings is 2. The lowest BCUT2D eigenvalue weighted by atomic mass is 10.2. The van der Waals surface area contributed by atoms with E-state index in [9.17, 15) is 10.0 Å². The van der Waals surface area contributed by atoms with Gasteiger partial charge in [-0.05, 0) is 41.9 Å². The van der Waals surface area contributed by atoms with Crippen LogP contribution >= 0.6 is 15.9 Å². The van der Waals surface area contributed by atoms with E-state index < -0.39 is 0 Å². The molecule has 2 rings (SSSR count). The minimum atomic E-state index is -0.172. The second-order valence-electron chi connectivity index (χ2n) is 4.05. The highest BCUT2D eigenvalue weighted by atomic mass is 79.9. The van der Waals surface area contributed by atoms with E-state index in [2.05, 4.69) is 26.1 Å². The molecule has 0 radical (unpaired) electrons. The Labute approximate surface area is 118 Å². The summed E-state index contributed by atoms with van der Waals surface area (Å²) in [5.41, 5.74) is 2.30. The Morgan fingerprint density at radius 1 is 1.26 bits per heavy atom. The fraction of sp³-hybridized carbons (Fsp3) is 0.0714. The van der Waals surface area contributed by atoms with Crippen molar-refractivity contribution in [3.8, 4) is 5.75 Å². The lowest BCUT2D eigenvalue weighted by molar-refractivity contribution is 0.476. The largest absolute Gasteiger partial charge is 0.505 e. The number of phenols is 1. The van der Waals surface area contributed by atoms with Crippen molar-refractivity contribution in [2.24, 2.45) is 10.2 Å². The molecule has 0 aliphatic heterocycles. The van der Waals surface area contributed by atoms with Gasteiger partial charge < -0.3 is 5.11 Å². The molecule has 0 aliphatic rings. The second kappa shape index (κ2) is 5.75. The molecule has 0 saturated heterocycles. The van der Waals surface area contributed by atoms with Crippen LogP contribution in [0.3, 0.4) is 0 Å². The van der Waals surface area contributed by atoms with E-state index in [1.165, 1.54) is 12.3 Å². The summed E-state index contributed by atoms with van der Waals surface area (Å²) in [6, 6.07) is 10.8. The third kappa shape index (κ3) is 3.26. The maximum absolute atomic E-state index is 10.6. The summed E-state index contributed by atoms with van der Waals surface area (Å²) >= 11 is 3.25. The van der Waals surface area contributed by atoms with Crippen molar-refractivity contribution in [1.29, 1.82) is 0 Å². The second-order valence-corrected chi connectivity index (χ2v) is 4.97. The zero-order valence-electron chi connectivity index (χ0n) is 10.2. The van der Waals surface area contributed by atoms with E-state index in [0.29, 0.717) is 10.0 Å². The van der Waals surface area contributed by atoms with Gasteiger partial charge in [0.25, 0.3) is 0 Å². The van der Waals surface area contributed by atoms with Crippen LogP contribution in [0, 0.1) is 11.8 Å². The minimum absolute atomic E-state index is 0.0138. The van der Waals surface area contributed by atoms with E-state index in [0.717, 1.165) is 11.3 Å². The molecule has 0 fully saturated rings. The molecule has 19 heavy (non-hydrogen) atoms. The monoisotopic (exact) mass is 318 g/mol. The first-order chi connectivity index (χ1) is 9.10. The molecule has 2 aromatic rings. The first kappa shape index (κ1) is 13.4. The summed E-state index contributed by atoms with van der Waals surface area (Å²) in [6.45, 7) is 1.98. The summed E-state index contributed by atoms with van der Waals surface area (Å²) in [5.74, 6) is -0.172.